The van der Waals surface area contributed by atoms with E-state index >= 15 is 0 Å². The number of hydrogen-bond donors (Lipinski definition) is 0. The molecule has 94 valence electrons. The largest absolute Gasteiger partial charge is 0.488 e. The molecule has 0 saturated carbocycles. The van der Waals surface area contributed by atoms with Crippen molar-refractivity contribution in [2.75, 3.05) is 0 Å². The van der Waals surface area contributed by atoms with Crippen molar-refractivity contribution < 1.29 is 13.5 Å². The molecule has 5 heteroatoms. The van der Waals surface area contributed by atoms with E-state index in [1.807, 2.05) is 0 Å². The Morgan fingerprint density at radius 2 is 1.89 bits per heavy atom. The molecule has 0 spiro atoms. The average molecular weight is 334 g/mol. The monoisotopic (exact) mass is 332 g/mol. The third-order valence-corrected chi connectivity index (χ3v) is 3.15. The highest BCUT2D eigenvalue weighted by molar-refractivity contribution is 9.10. The Balaban J connectivity index is 2.11. The third-order valence-electron chi connectivity index (χ3n) is 2.29. The Morgan fingerprint density at radius 1 is 1.11 bits per heavy atom. The molecule has 0 unspecified atom stereocenters. The van der Waals surface area contributed by atoms with Crippen LogP contribution >= 0.6 is 27.5 Å². The van der Waals surface area contributed by atoms with Gasteiger partial charge in [-0.25, -0.2) is 8.78 Å². The Labute approximate surface area is 116 Å². The van der Waals surface area contributed by atoms with E-state index in [2.05, 4.69) is 15.9 Å². The predicted molar refractivity (Wildman–Crippen MR) is 69.8 cm³/mol. The van der Waals surface area contributed by atoms with Crippen LogP contribution in [0.1, 0.15) is 5.56 Å². The van der Waals surface area contributed by atoms with Crippen LogP contribution in [-0.2, 0) is 6.61 Å². The SMILES string of the molecule is Fc1ccc(COc2ccc(Cl)cc2Br)c(F)c1. The average Bonchev–Trinajstić information content (AvgIpc) is 2.30. The molecular formula is C13H8BrClF2O. The van der Waals surface area contributed by atoms with Crippen LogP contribution in [0.4, 0.5) is 8.78 Å². The van der Waals surface area contributed by atoms with E-state index in [0.29, 0.717) is 20.8 Å². The molecule has 0 amide bonds. The summed E-state index contributed by atoms with van der Waals surface area (Å²) in [5.74, 6) is -0.688. The standard InChI is InChI=1S/C13H8BrClF2O/c14-11-5-9(15)2-4-13(11)18-7-8-1-3-10(16)6-12(8)17/h1-6H,7H2. The van der Waals surface area contributed by atoms with E-state index in [1.165, 1.54) is 12.1 Å². The van der Waals surface area contributed by atoms with Gasteiger partial charge in [0.1, 0.15) is 24.0 Å². The Bertz CT molecular complexity index is 523. The predicted octanol–water partition coefficient (Wildman–Crippen LogP) is 4.96. The van der Waals surface area contributed by atoms with Crippen LogP contribution in [0.2, 0.25) is 5.02 Å². The third kappa shape index (κ3) is 3.21. The maximum atomic E-state index is 13.4. The quantitative estimate of drug-likeness (QED) is 0.771. The van der Waals surface area contributed by atoms with E-state index < -0.39 is 11.6 Å². The van der Waals surface area contributed by atoms with Gasteiger partial charge >= 0.3 is 0 Å². The minimum atomic E-state index is -0.625. The highest BCUT2D eigenvalue weighted by atomic mass is 79.9. The van der Waals surface area contributed by atoms with Gasteiger partial charge in [-0.1, -0.05) is 11.6 Å². The lowest BCUT2D eigenvalue weighted by Crippen LogP contribution is -1.99. The lowest BCUT2D eigenvalue weighted by atomic mass is 10.2. The summed E-state index contributed by atoms with van der Waals surface area (Å²) in [5.41, 5.74) is 0.290. The van der Waals surface area contributed by atoms with Crippen molar-refractivity contribution in [1.29, 1.82) is 0 Å². The first-order valence-corrected chi connectivity index (χ1v) is 6.25. The van der Waals surface area contributed by atoms with E-state index in [4.69, 9.17) is 16.3 Å². The molecule has 0 bridgehead atoms. The van der Waals surface area contributed by atoms with Crippen LogP contribution in [0.25, 0.3) is 0 Å². The number of hydrogen-bond acceptors (Lipinski definition) is 1. The maximum absolute atomic E-state index is 13.4. The zero-order valence-corrected chi connectivity index (χ0v) is 11.4. The molecule has 0 aromatic heterocycles. The second-order valence-corrected chi connectivity index (χ2v) is 4.89. The molecule has 0 saturated heterocycles. The summed E-state index contributed by atoms with van der Waals surface area (Å²) in [5, 5.41) is 0.571. The second kappa shape index (κ2) is 5.67. The number of rotatable bonds is 3. The summed E-state index contributed by atoms with van der Waals surface area (Å²) in [6, 6.07) is 8.40. The van der Waals surface area contributed by atoms with Gasteiger partial charge in [-0.2, -0.15) is 0 Å². The van der Waals surface area contributed by atoms with Crippen molar-refractivity contribution in [3.8, 4) is 5.75 Å². The molecule has 1 nitrogen and oxygen atoms in total. The van der Waals surface area contributed by atoms with Crippen LogP contribution in [0.5, 0.6) is 5.75 Å². The fourth-order valence-electron chi connectivity index (χ4n) is 1.39. The van der Waals surface area contributed by atoms with Gasteiger partial charge in [0.2, 0.25) is 0 Å². The number of halogens is 4. The Morgan fingerprint density at radius 3 is 2.56 bits per heavy atom. The van der Waals surface area contributed by atoms with E-state index in [0.717, 1.165) is 6.07 Å². The molecular weight excluding hydrogens is 325 g/mol. The van der Waals surface area contributed by atoms with Crippen LogP contribution < -0.4 is 4.74 Å². The van der Waals surface area contributed by atoms with E-state index in [-0.39, 0.29) is 6.61 Å². The zero-order valence-electron chi connectivity index (χ0n) is 9.09. The maximum Gasteiger partial charge on any atom is 0.134 e. The van der Waals surface area contributed by atoms with Crippen molar-refractivity contribution in [1.82, 2.24) is 0 Å². The molecule has 2 rings (SSSR count). The minimum absolute atomic E-state index is 0.0202. The normalized spacial score (nSPS) is 10.4. The molecule has 0 aliphatic heterocycles. The summed E-state index contributed by atoms with van der Waals surface area (Å²) in [6.45, 7) is 0.0202. The first-order chi connectivity index (χ1) is 8.56. The van der Waals surface area contributed by atoms with Gasteiger partial charge in [0.15, 0.2) is 0 Å². The summed E-state index contributed by atoms with van der Waals surface area (Å²) in [4.78, 5) is 0. The Kier molecular flexibility index (Phi) is 4.19. The molecule has 0 atom stereocenters. The summed E-state index contributed by atoms with van der Waals surface area (Å²) >= 11 is 9.08. The smallest absolute Gasteiger partial charge is 0.134 e. The van der Waals surface area contributed by atoms with Crippen molar-refractivity contribution in [3.63, 3.8) is 0 Å². The molecule has 2 aromatic rings. The first-order valence-electron chi connectivity index (χ1n) is 5.08. The van der Waals surface area contributed by atoms with Crippen molar-refractivity contribution in [3.05, 3.63) is 63.1 Å². The van der Waals surface area contributed by atoms with Gasteiger partial charge in [0.05, 0.1) is 4.47 Å². The van der Waals surface area contributed by atoms with Gasteiger partial charge in [0.25, 0.3) is 0 Å². The topological polar surface area (TPSA) is 9.23 Å². The van der Waals surface area contributed by atoms with Gasteiger partial charge in [0, 0.05) is 16.7 Å². The number of benzene rings is 2. The lowest BCUT2D eigenvalue weighted by Gasteiger charge is -2.09. The zero-order chi connectivity index (χ0) is 13.1. The first kappa shape index (κ1) is 13.3. The molecule has 2 aromatic carbocycles. The fourth-order valence-corrected chi connectivity index (χ4v) is 2.18. The molecule has 0 aliphatic carbocycles. The molecule has 0 fully saturated rings. The fraction of sp³-hybridized carbons (Fsp3) is 0.0769. The van der Waals surface area contributed by atoms with E-state index in [9.17, 15) is 8.78 Å². The molecule has 0 heterocycles. The summed E-state index contributed by atoms with van der Waals surface area (Å²) < 4.78 is 32.2. The highest BCUT2D eigenvalue weighted by Gasteiger charge is 2.06. The number of ether oxygens (including phenoxy) is 1. The minimum Gasteiger partial charge on any atom is -0.488 e. The van der Waals surface area contributed by atoms with Gasteiger partial charge in [-0.15, -0.1) is 0 Å². The molecule has 0 N–H and O–H groups in total. The second-order valence-electron chi connectivity index (χ2n) is 3.60. The van der Waals surface area contributed by atoms with Crippen LogP contribution in [0.15, 0.2) is 40.9 Å². The van der Waals surface area contributed by atoms with Gasteiger partial charge in [-0.05, 0) is 46.3 Å². The molecule has 0 aliphatic rings. The van der Waals surface area contributed by atoms with Crippen LogP contribution in [0.3, 0.4) is 0 Å². The highest BCUT2D eigenvalue weighted by Crippen LogP contribution is 2.28. The van der Waals surface area contributed by atoms with Gasteiger partial charge in [-0.3, -0.25) is 0 Å². The van der Waals surface area contributed by atoms with Crippen molar-refractivity contribution in [2.24, 2.45) is 0 Å². The van der Waals surface area contributed by atoms with E-state index in [1.54, 1.807) is 18.2 Å². The van der Waals surface area contributed by atoms with Gasteiger partial charge < -0.3 is 4.74 Å². The van der Waals surface area contributed by atoms with Crippen LogP contribution in [0, 0.1) is 11.6 Å². The van der Waals surface area contributed by atoms with Crippen LogP contribution in [-0.4, -0.2) is 0 Å². The van der Waals surface area contributed by atoms with Crippen molar-refractivity contribution >= 4 is 27.5 Å². The summed E-state index contributed by atoms with van der Waals surface area (Å²) in [6.07, 6.45) is 0. The molecule has 0 radical (unpaired) electrons. The Hall–Kier alpha value is -1.13. The summed E-state index contributed by atoms with van der Waals surface area (Å²) in [7, 11) is 0. The lowest BCUT2D eigenvalue weighted by molar-refractivity contribution is 0.297. The van der Waals surface area contributed by atoms with Crippen molar-refractivity contribution in [2.45, 2.75) is 6.61 Å². The molecule has 18 heavy (non-hydrogen) atoms.